The van der Waals surface area contributed by atoms with Crippen LogP contribution >= 0.6 is 0 Å². The van der Waals surface area contributed by atoms with Crippen molar-refractivity contribution in [1.82, 2.24) is 0 Å². The highest BCUT2D eigenvalue weighted by atomic mass is 16.6. The van der Waals surface area contributed by atoms with E-state index < -0.39 is 6.10 Å². The van der Waals surface area contributed by atoms with E-state index >= 15 is 0 Å². The Morgan fingerprint density at radius 2 is 0.691 bits per heavy atom. The molecule has 388 valence electrons. The highest BCUT2D eigenvalue weighted by molar-refractivity contribution is 5.70. The molecule has 0 saturated heterocycles. The number of carbonyl (C=O) groups is 2. The second-order valence-corrected chi connectivity index (χ2v) is 18.4. The molecule has 0 N–H and O–H groups in total. The molecule has 0 radical (unpaired) electrons. The molecule has 0 aromatic rings. The molecule has 0 heterocycles. The van der Waals surface area contributed by atoms with Gasteiger partial charge in [0.1, 0.15) is 6.61 Å². The molecule has 0 aliphatic rings. The SMILES string of the molecule is CC/C=C\C/C=C\C/C=C\C/C=C\CCCCCCCCC(=O)OCC(COCCCCCCCCCCCC/C=C\CCCCCCCC)OC(=O)CC/C=C\C/C=C\C/C=C\C/C=C\CC. The molecule has 1 unspecified atom stereocenters. The number of rotatable bonds is 51. The van der Waals surface area contributed by atoms with Gasteiger partial charge in [-0.1, -0.05) is 239 Å². The van der Waals surface area contributed by atoms with E-state index in [1.165, 1.54) is 122 Å². The first-order valence-electron chi connectivity index (χ1n) is 28.4. The Labute approximate surface area is 421 Å². The molecule has 0 rings (SSSR count). The lowest BCUT2D eigenvalue weighted by Gasteiger charge is -2.18. The van der Waals surface area contributed by atoms with Crippen molar-refractivity contribution < 1.29 is 23.8 Å². The Hall–Kier alpha value is -3.44. The first-order valence-corrected chi connectivity index (χ1v) is 28.4. The van der Waals surface area contributed by atoms with E-state index in [1.807, 2.05) is 6.08 Å². The van der Waals surface area contributed by atoms with Crippen LogP contribution in [0.4, 0.5) is 0 Å². The second kappa shape index (κ2) is 57.9. The molecule has 0 aromatic heterocycles. The van der Waals surface area contributed by atoms with E-state index in [9.17, 15) is 9.59 Å². The lowest BCUT2D eigenvalue weighted by Crippen LogP contribution is -2.30. The van der Waals surface area contributed by atoms with Crippen LogP contribution in [0, 0.1) is 0 Å². The van der Waals surface area contributed by atoms with Crippen LogP contribution in [0.3, 0.4) is 0 Å². The quantitative estimate of drug-likeness (QED) is 0.0345. The van der Waals surface area contributed by atoms with Crippen molar-refractivity contribution in [3.63, 3.8) is 0 Å². The Balaban J connectivity index is 4.33. The van der Waals surface area contributed by atoms with Crippen LogP contribution in [0.2, 0.25) is 0 Å². The summed E-state index contributed by atoms with van der Waals surface area (Å²) in [4.78, 5) is 25.4. The van der Waals surface area contributed by atoms with Gasteiger partial charge < -0.3 is 14.2 Å². The zero-order valence-electron chi connectivity index (χ0n) is 44.6. The standard InChI is InChI=1S/C63H106O5/c1-4-7-10-13-16-19-22-25-27-29-31-33-35-37-40-43-46-49-52-55-58-66-59-61(68-63(65)57-54-51-48-45-42-38-24-21-18-15-12-9-6-3)60-67-62(64)56-53-50-47-44-41-39-36-34-32-30-28-26-23-20-17-14-11-8-5-2/h8-9,11-12,17-18,20-21,25-28,32,34,38,42,48,51,61H,4-7,10,13-16,19,22-24,29-31,33,35-37,39-41,43-47,49-50,52-60H2,1-3H3/b11-8-,12-9-,20-17-,21-18-,27-25-,28-26-,34-32-,42-38-,51-48-. The van der Waals surface area contributed by atoms with Crippen molar-refractivity contribution in [2.75, 3.05) is 19.8 Å². The monoisotopic (exact) mass is 943 g/mol. The van der Waals surface area contributed by atoms with Crippen molar-refractivity contribution in [3.05, 3.63) is 109 Å². The van der Waals surface area contributed by atoms with Gasteiger partial charge in [-0.15, -0.1) is 0 Å². The highest BCUT2D eigenvalue weighted by Crippen LogP contribution is 2.14. The van der Waals surface area contributed by atoms with Gasteiger partial charge in [0.15, 0.2) is 6.10 Å². The third kappa shape index (κ3) is 55.2. The topological polar surface area (TPSA) is 61.8 Å². The third-order valence-corrected chi connectivity index (χ3v) is 11.8. The maximum absolute atomic E-state index is 12.8. The second-order valence-electron chi connectivity index (χ2n) is 18.4. The van der Waals surface area contributed by atoms with Crippen LogP contribution in [0.1, 0.15) is 252 Å². The van der Waals surface area contributed by atoms with Gasteiger partial charge in [-0.05, 0) is 109 Å². The first-order chi connectivity index (χ1) is 33.6. The van der Waals surface area contributed by atoms with Crippen LogP contribution in [0.15, 0.2) is 109 Å². The molecule has 5 heteroatoms. The average Bonchev–Trinajstić information content (AvgIpc) is 3.34. The number of hydrogen-bond acceptors (Lipinski definition) is 5. The van der Waals surface area contributed by atoms with Crippen LogP contribution in [0.5, 0.6) is 0 Å². The van der Waals surface area contributed by atoms with Gasteiger partial charge in [0.05, 0.1) is 6.61 Å². The summed E-state index contributed by atoms with van der Waals surface area (Å²) in [5.74, 6) is -0.508. The van der Waals surface area contributed by atoms with Crippen LogP contribution in [0.25, 0.3) is 0 Å². The van der Waals surface area contributed by atoms with E-state index in [2.05, 4.69) is 124 Å². The van der Waals surface area contributed by atoms with Crippen molar-refractivity contribution >= 4 is 11.9 Å². The van der Waals surface area contributed by atoms with Gasteiger partial charge in [0, 0.05) is 19.4 Å². The Morgan fingerprint density at radius 3 is 1.13 bits per heavy atom. The summed E-state index contributed by atoms with van der Waals surface area (Å²) in [6.07, 6.45) is 79.8. The molecule has 0 bridgehead atoms. The summed E-state index contributed by atoms with van der Waals surface area (Å²) >= 11 is 0. The predicted molar refractivity (Wildman–Crippen MR) is 297 cm³/mol. The number of esters is 2. The molecule has 68 heavy (non-hydrogen) atoms. The smallest absolute Gasteiger partial charge is 0.306 e. The maximum atomic E-state index is 12.8. The van der Waals surface area contributed by atoms with Gasteiger partial charge in [0.2, 0.25) is 0 Å². The van der Waals surface area contributed by atoms with E-state index in [-0.39, 0.29) is 25.2 Å². The number of hydrogen-bond donors (Lipinski definition) is 0. The van der Waals surface area contributed by atoms with E-state index in [0.29, 0.717) is 25.9 Å². The average molecular weight is 944 g/mol. The molecule has 5 nitrogen and oxygen atoms in total. The Bertz CT molecular complexity index is 1340. The molecular weight excluding hydrogens is 837 g/mol. The molecule has 0 amide bonds. The van der Waals surface area contributed by atoms with Crippen LogP contribution < -0.4 is 0 Å². The van der Waals surface area contributed by atoms with Crippen LogP contribution in [-0.2, 0) is 23.8 Å². The largest absolute Gasteiger partial charge is 0.462 e. The van der Waals surface area contributed by atoms with E-state index in [4.69, 9.17) is 14.2 Å². The van der Waals surface area contributed by atoms with Crippen LogP contribution in [-0.4, -0.2) is 37.9 Å². The Morgan fingerprint density at radius 1 is 0.338 bits per heavy atom. The molecule has 0 spiro atoms. The minimum Gasteiger partial charge on any atom is -0.462 e. The number of allylic oxidation sites excluding steroid dienone is 18. The van der Waals surface area contributed by atoms with Gasteiger partial charge in [0.25, 0.3) is 0 Å². The molecule has 0 fully saturated rings. The summed E-state index contributed by atoms with van der Waals surface area (Å²) < 4.78 is 17.4. The fraction of sp³-hybridized carbons (Fsp3) is 0.683. The van der Waals surface area contributed by atoms with Crippen molar-refractivity contribution in [3.8, 4) is 0 Å². The van der Waals surface area contributed by atoms with Gasteiger partial charge in [-0.3, -0.25) is 9.59 Å². The highest BCUT2D eigenvalue weighted by Gasteiger charge is 2.17. The fourth-order valence-corrected chi connectivity index (χ4v) is 7.63. The van der Waals surface area contributed by atoms with E-state index in [1.54, 1.807) is 0 Å². The zero-order valence-corrected chi connectivity index (χ0v) is 44.6. The Kier molecular flexibility index (Phi) is 54.9. The summed E-state index contributed by atoms with van der Waals surface area (Å²) in [6, 6.07) is 0. The van der Waals surface area contributed by atoms with Crippen molar-refractivity contribution in [2.45, 2.75) is 258 Å². The van der Waals surface area contributed by atoms with Crippen molar-refractivity contribution in [2.24, 2.45) is 0 Å². The number of ether oxygens (including phenoxy) is 3. The zero-order chi connectivity index (χ0) is 49.2. The number of carbonyl (C=O) groups excluding carboxylic acids is 2. The van der Waals surface area contributed by atoms with Gasteiger partial charge >= 0.3 is 11.9 Å². The molecule has 0 aromatic carbocycles. The molecular formula is C63H106O5. The lowest BCUT2D eigenvalue weighted by atomic mass is 10.1. The van der Waals surface area contributed by atoms with Gasteiger partial charge in [-0.2, -0.15) is 0 Å². The lowest BCUT2D eigenvalue weighted by molar-refractivity contribution is -0.162. The molecule has 0 aliphatic heterocycles. The summed E-state index contributed by atoms with van der Waals surface area (Å²) in [7, 11) is 0. The third-order valence-electron chi connectivity index (χ3n) is 11.8. The summed E-state index contributed by atoms with van der Waals surface area (Å²) in [5, 5.41) is 0. The minimum atomic E-state index is -0.588. The van der Waals surface area contributed by atoms with Crippen molar-refractivity contribution in [1.29, 1.82) is 0 Å². The fourth-order valence-electron chi connectivity index (χ4n) is 7.63. The number of unbranched alkanes of at least 4 members (excludes halogenated alkanes) is 22. The molecule has 1 atom stereocenters. The van der Waals surface area contributed by atoms with Gasteiger partial charge in [-0.25, -0.2) is 0 Å². The molecule has 0 aliphatic carbocycles. The predicted octanol–water partition coefficient (Wildman–Crippen LogP) is 19.6. The summed E-state index contributed by atoms with van der Waals surface area (Å²) in [5.41, 5.74) is 0. The minimum absolute atomic E-state index is 0.0435. The van der Waals surface area contributed by atoms with E-state index in [0.717, 1.165) is 89.9 Å². The molecule has 0 saturated carbocycles. The maximum Gasteiger partial charge on any atom is 0.306 e. The summed E-state index contributed by atoms with van der Waals surface area (Å²) in [6.45, 7) is 7.51. The first kappa shape index (κ1) is 64.6. The normalized spacial score (nSPS) is 13.0.